The Morgan fingerprint density at radius 2 is 2.43 bits per heavy atom. The number of methoxy groups -OCH3 is 1. The van der Waals surface area contributed by atoms with Crippen molar-refractivity contribution in [3.05, 3.63) is 0 Å². The van der Waals surface area contributed by atoms with Crippen LogP contribution in [-0.4, -0.2) is 42.9 Å². The lowest BCUT2D eigenvalue weighted by Gasteiger charge is -2.24. The van der Waals surface area contributed by atoms with Crippen molar-refractivity contribution >= 4 is 11.8 Å². The maximum absolute atomic E-state index is 11.5. The Bertz CT molecular complexity index is 263. The maximum atomic E-state index is 11.5. The summed E-state index contributed by atoms with van der Waals surface area (Å²) in [4.78, 5) is 18.0. The number of rotatable bonds is 1. The van der Waals surface area contributed by atoms with Crippen LogP contribution >= 0.6 is 0 Å². The average molecular weight is 196 g/mol. The van der Waals surface area contributed by atoms with Crippen molar-refractivity contribution in [2.75, 3.05) is 20.2 Å². The summed E-state index contributed by atoms with van der Waals surface area (Å²) in [6.07, 6.45) is 4.12. The van der Waals surface area contributed by atoms with Gasteiger partial charge in [-0.1, -0.05) is 0 Å². The van der Waals surface area contributed by atoms with Gasteiger partial charge in [-0.05, 0) is 19.3 Å². The number of nitrogens with zero attached hydrogens (tertiary/aromatic N) is 2. The molecule has 0 radical (unpaired) electrons. The van der Waals surface area contributed by atoms with Crippen molar-refractivity contribution in [3.63, 3.8) is 0 Å². The van der Waals surface area contributed by atoms with E-state index in [0.29, 0.717) is 0 Å². The monoisotopic (exact) mass is 196 g/mol. The Labute approximate surface area is 83.9 Å². The van der Waals surface area contributed by atoms with Gasteiger partial charge in [-0.3, -0.25) is 4.99 Å². The van der Waals surface area contributed by atoms with Gasteiger partial charge in [0.05, 0.1) is 12.9 Å². The van der Waals surface area contributed by atoms with Crippen molar-refractivity contribution < 1.29 is 9.53 Å². The maximum Gasteiger partial charge on any atom is 0.328 e. The highest BCUT2D eigenvalue weighted by atomic mass is 16.5. The zero-order valence-electron chi connectivity index (χ0n) is 8.53. The molecule has 1 fully saturated rings. The molecule has 0 bridgehead atoms. The van der Waals surface area contributed by atoms with Crippen molar-refractivity contribution in [1.29, 1.82) is 0 Å². The fraction of sp³-hybridized carbons (Fsp3) is 0.800. The molecule has 4 nitrogen and oxygen atoms in total. The molecule has 1 saturated heterocycles. The minimum absolute atomic E-state index is 0.0724. The quantitative estimate of drug-likeness (QED) is 0.583. The highest BCUT2D eigenvalue weighted by Crippen LogP contribution is 2.22. The molecule has 4 heteroatoms. The first-order valence-corrected chi connectivity index (χ1v) is 5.20. The molecule has 1 atom stereocenters. The SMILES string of the molecule is COC(=O)C1CCCN1C1=NCCC1. The molecular formula is C10H16N2O2. The van der Waals surface area contributed by atoms with E-state index < -0.39 is 0 Å². The molecule has 78 valence electrons. The Hall–Kier alpha value is -1.06. The molecule has 2 rings (SSSR count). The lowest BCUT2D eigenvalue weighted by atomic mass is 10.2. The summed E-state index contributed by atoms with van der Waals surface area (Å²) in [5.41, 5.74) is 0. The van der Waals surface area contributed by atoms with E-state index in [1.54, 1.807) is 0 Å². The predicted molar refractivity (Wildman–Crippen MR) is 53.3 cm³/mol. The number of hydrogen-bond acceptors (Lipinski definition) is 4. The highest BCUT2D eigenvalue weighted by Gasteiger charge is 2.33. The van der Waals surface area contributed by atoms with E-state index >= 15 is 0 Å². The fourth-order valence-corrected chi connectivity index (χ4v) is 2.22. The van der Waals surface area contributed by atoms with Crippen LogP contribution in [0.5, 0.6) is 0 Å². The van der Waals surface area contributed by atoms with Crippen molar-refractivity contribution in [2.24, 2.45) is 4.99 Å². The number of carbonyl (C=O) groups excluding carboxylic acids is 1. The van der Waals surface area contributed by atoms with Crippen molar-refractivity contribution in [2.45, 2.75) is 31.7 Å². The minimum Gasteiger partial charge on any atom is -0.467 e. The summed E-state index contributed by atoms with van der Waals surface area (Å²) in [6.45, 7) is 1.87. The first kappa shape index (κ1) is 9.49. The fourth-order valence-electron chi connectivity index (χ4n) is 2.22. The lowest BCUT2D eigenvalue weighted by molar-refractivity contribution is -0.144. The van der Waals surface area contributed by atoms with Crippen molar-refractivity contribution in [3.8, 4) is 0 Å². The second-order valence-corrected chi connectivity index (χ2v) is 3.78. The van der Waals surface area contributed by atoms with Crippen LogP contribution in [0.3, 0.4) is 0 Å². The second kappa shape index (κ2) is 3.98. The van der Waals surface area contributed by atoms with Gasteiger partial charge in [-0.25, -0.2) is 4.79 Å². The molecule has 2 aliphatic heterocycles. The molecular weight excluding hydrogens is 180 g/mol. The van der Waals surface area contributed by atoms with Crippen LogP contribution in [0.4, 0.5) is 0 Å². The van der Waals surface area contributed by atoms with Gasteiger partial charge in [-0.15, -0.1) is 0 Å². The molecule has 0 aromatic carbocycles. The van der Waals surface area contributed by atoms with Gasteiger partial charge in [0, 0.05) is 19.5 Å². The summed E-state index contributed by atoms with van der Waals surface area (Å²) < 4.78 is 4.79. The molecule has 0 spiro atoms. The van der Waals surface area contributed by atoms with E-state index in [0.717, 1.165) is 44.6 Å². The largest absolute Gasteiger partial charge is 0.467 e. The minimum atomic E-state index is -0.114. The number of hydrogen-bond donors (Lipinski definition) is 0. The second-order valence-electron chi connectivity index (χ2n) is 3.78. The number of carbonyl (C=O) groups is 1. The van der Waals surface area contributed by atoms with Gasteiger partial charge in [0.25, 0.3) is 0 Å². The molecule has 0 N–H and O–H groups in total. The van der Waals surface area contributed by atoms with Crippen LogP contribution in [0.1, 0.15) is 25.7 Å². The van der Waals surface area contributed by atoms with Gasteiger partial charge in [0.2, 0.25) is 0 Å². The normalized spacial score (nSPS) is 26.5. The first-order chi connectivity index (χ1) is 6.83. The summed E-state index contributed by atoms with van der Waals surface area (Å²) in [5.74, 6) is 0.995. The van der Waals surface area contributed by atoms with E-state index in [1.807, 2.05) is 0 Å². The lowest BCUT2D eigenvalue weighted by Crippen LogP contribution is -2.40. The van der Waals surface area contributed by atoms with E-state index in [1.165, 1.54) is 7.11 Å². The summed E-state index contributed by atoms with van der Waals surface area (Å²) in [7, 11) is 1.45. The van der Waals surface area contributed by atoms with Crippen LogP contribution in [0.2, 0.25) is 0 Å². The Balaban J connectivity index is 2.06. The molecule has 0 aliphatic carbocycles. The van der Waals surface area contributed by atoms with Gasteiger partial charge < -0.3 is 9.64 Å². The molecule has 2 aliphatic rings. The topological polar surface area (TPSA) is 41.9 Å². The Morgan fingerprint density at radius 1 is 1.57 bits per heavy atom. The number of ether oxygens (including phenoxy) is 1. The third kappa shape index (κ3) is 1.61. The molecule has 0 saturated carbocycles. The van der Waals surface area contributed by atoms with E-state index in [2.05, 4.69) is 9.89 Å². The number of esters is 1. The van der Waals surface area contributed by atoms with Gasteiger partial charge in [0.15, 0.2) is 0 Å². The number of aliphatic imine (C=N–C) groups is 1. The van der Waals surface area contributed by atoms with Gasteiger partial charge in [0.1, 0.15) is 6.04 Å². The van der Waals surface area contributed by atoms with Crippen LogP contribution in [0.15, 0.2) is 4.99 Å². The zero-order chi connectivity index (χ0) is 9.97. The van der Waals surface area contributed by atoms with Crippen molar-refractivity contribution in [1.82, 2.24) is 4.90 Å². The van der Waals surface area contributed by atoms with Crippen LogP contribution < -0.4 is 0 Å². The first-order valence-electron chi connectivity index (χ1n) is 5.20. The highest BCUT2D eigenvalue weighted by molar-refractivity contribution is 5.89. The molecule has 1 unspecified atom stereocenters. The van der Waals surface area contributed by atoms with Gasteiger partial charge in [-0.2, -0.15) is 0 Å². The van der Waals surface area contributed by atoms with E-state index in [4.69, 9.17) is 4.74 Å². The smallest absolute Gasteiger partial charge is 0.328 e. The molecule has 0 amide bonds. The zero-order valence-corrected chi connectivity index (χ0v) is 8.53. The van der Waals surface area contributed by atoms with Crippen LogP contribution in [0.25, 0.3) is 0 Å². The Morgan fingerprint density at radius 3 is 3.07 bits per heavy atom. The molecule has 14 heavy (non-hydrogen) atoms. The third-order valence-electron chi connectivity index (χ3n) is 2.91. The number of amidine groups is 1. The molecule has 0 aromatic heterocycles. The number of likely N-dealkylation sites (tertiary alicyclic amines) is 1. The Kier molecular flexibility index (Phi) is 2.70. The molecule has 2 heterocycles. The van der Waals surface area contributed by atoms with E-state index in [-0.39, 0.29) is 12.0 Å². The third-order valence-corrected chi connectivity index (χ3v) is 2.91. The predicted octanol–water partition coefficient (Wildman–Crippen LogP) is 0.816. The summed E-state index contributed by atoms with van der Waals surface area (Å²) >= 11 is 0. The van der Waals surface area contributed by atoms with Crippen LogP contribution in [0, 0.1) is 0 Å². The summed E-state index contributed by atoms with van der Waals surface area (Å²) in [6, 6.07) is -0.0724. The van der Waals surface area contributed by atoms with E-state index in [9.17, 15) is 4.79 Å². The standard InChI is InChI=1S/C10H16N2O2/c1-14-10(13)8-4-3-7-12(8)9-5-2-6-11-9/h8H,2-7H2,1H3. The van der Waals surface area contributed by atoms with Crippen LogP contribution in [-0.2, 0) is 9.53 Å². The average Bonchev–Trinajstić information content (AvgIpc) is 2.85. The molecule has 0 aromatic rings. The summed E-state index contributed by atoms with van der Waals surface area (Å²) in [5, 5.41) is 0. The van der Waals surface area contributed by atoms with Gasteiger partial charge >= 0.3 is 5.97 Å².